The van der Waals surface area contributed by atoms with Crippen molar-refractivity contribution in [3.8, 4) is 0 Å². The van der Waals surface area contributed by atoms with E-state index in [1.54, 1.807) is 0 Å². The smallest absolute Gasteiger partial charge is 0.462 e. The zero-order chi connectivity index (χ0) is 30.4. The summed E-state index contributed by atoms with van der Waals surface area (Å²) in [5, 5.41) is 0. The van der Waals surface area contributed by atoms with Crippen LogP contribution in [-0.2, 0) is 32.7 Å². The minimum Gasteiger partial charge on any atom is -0.462 e. The second kappa shape index (κ2) is 28.4. The summed E-state index contributed by atoms with van der Waals surface area (Å²) in [7, 11) is -4.35. The number of esters is 2. The molecule has 0 aliphatic carbocycles. The molecular formula is C31H56NO8P. The van der Waals surface area contributed by atoms with Crippen LogP contribution < -0.4 is 5.73 Å². The molecule has 0 amide bonds. The Labute approximate surface area is 248 Å². The second-order valence-electron chi connectivity index (χ2n) is 9.95. The van der Waals surface area contributed by atoms with Crippen LogP contribution in [0.3, 0.4) is 0 Å². The van der Waals surface area contributed by atoms with E-state index in [9.17, 15) is 19.0 Å². The van der Waals surface area contributed by atoms with Gasteiger partial charge < -0.3 is 20.1 Å². The number of carbonyl (C=O) groups excluding carboxylic acids is 2. The predicted molar refractivity (Wildman–Crippen MR) is 164 cm³/mol. The fourth-order valence-electron chi connectivity index (χ4n) is 3.76. The Balaban J connectivity index is 4.14. The van der Waals surface area contributed by atoms with Crippen molar-refractivity contribution >= 4 is 19.8 Å². The lowest BCUT2D eigenvalue weighted by Gasteiger charge is -2.19. The molecule has 41 heavy (non-hydrogen) atoms. The Morgan fingerprint density at radius 1 is 0.756 bits per heavy atom. The van der Waals surface area contributed by atoms with Crippen LogP contribution in [0.2, 0.25) is 0 Å². The van der Waals surface area contributed by atoms with Gasteiger partial charge in [-0.05, 0) is 44.9 Å². The summed E-state index contributed by atoms with van der Waals surface area (Å²) in [6.07, 6.45) is 26.9. The van der Waals surface area contributed by atoms with Crippen LogP contribution in [0.1, 0.15) is 117 Å². The number of phosphoric ester groups is 1. The van der Waals surface area contributed by atoms with E-state index in [0.717, 1.165) is 57.8 Å². The first-order chi connectivity index (χ1) is 19.8. The first-order valence-corrected chi connectivity index (χ1v) is 17.0. The maximum Gasteiger partial charge on any atom is 0.472 e. The highest BCUT2D eigenvalue weighted by Crippen LogP contribution is 2.43. The molecule has 9 nitrogen and oxygen atoms in total. The van der Waals surface area contributed by atoms with Crippen LogP contribution in [0.4, 0.5) is 0 Å². The minimum absolute atomic E-state index is 0.0504. The number of rotatable bonds is 28. The molecule has 0 spiro atoms. The third-order valence-electron chi connectivity index (χ3n) is 6.04. The lowest BCUT2D eigenvalue weighted by atomic mass is 10.1. The van der Waals surface area contributed by atoms with Crippen molar-refractivity contribution in [3.63, 3.8) is 0 Å². The zero-order valence-corrected chi connectivity index (χ0v) is 26.4. The number of allylic oxidation sites excluding steroid dienone is 6. The summed E-state index contributed by atoms with van der Waals surface area (Å²) in [6, 6.07) is 0. The van der Waals surface area contributed by atoms with E-state index < -0.39 is 32.5 Å². The second-order valence-corrected chi connectivity index (χ2v) is 11.4. The van der Waals surface area contributed by atoms with Crippen LogP contribution in [-0.4, -0.2) is 49.3 Å². The lowest BCUT2D eigenvalue weighted by molar-refractivity contribution is -0.161. The van der Waals surface area contributed by atoms with Gasteiger partial charge in [0.2, 0.25) is 0 Å². The molecule has 0 radical (unpaired) electrons. The molecule has 0 aromatic carbocycles. The van der Waals surface area contributed by atoms with E-state index in [2.05, 4.69) is 43.4 Å². The quantitative estimate of drug-likeness (QED) is 0.0405. The average Bonchev–Trinajstić information content (AvgIpc) is 2.95. The highest BCUT2D eigenvalue weighted by Gasteiger charge is 2.25. The summed E-state index contributed by atoms with van der Waals surface area (Å²) in [5.74, 6) is -0.874. The van der Waals surface area contributed by atoms with Crippen LogP contribution in [0.5, 0.6) is 0 Å². The summed E-state index contributed by atoms with van der Waals surface area (Å²) >= 11 is 0. The lowest BCUT2D eigenvalue weighted by Crippen LogP contribution is -2.29. The maximum absolute atomic E-state index is 12.4. The highest BCUT2D eigenvalue weighted by atomic mass is 31.2. The first-order valence-electron chi connectivity index (χ1n) is 15.5. The van der Waals surface area contributed by atoms with Crippen molar-refractivity contribution in [2.75, 3.05) is 26.4 Å². The average molecular weight is 602 g/mol. The van der Waals surface area contributed by atoms with Gasteiger partial charge in [0.25, 0.3) is 0 Å². The normalized spacial score (nSPS) is 14.1. The topological polar surface area (TPSA) is 134 Å². The monoisotopic (exact) mass is 601 g/mol. The molecule has 0 aromatic heterocycles. The number of hydrogen-bond acceptors (Lipinski definition) is 8. The van der Waals surface area contributed by atoms with Crippen LogP contribution in [0, 0.1) is 0 Å². The Morgan fingerprint density at radius 3 is 2.00 bits per heavy atom. The Hall–Kier alpha value is -1.77. The van der Waals surface area contributed by atoms with Crippen molar-refractivity contribution < 1.29 is 37.6 Å². The van der Waals surface area contributed by atoms with Crippen molar-refractivity contribution in [1.82, 2.24) is 0 Å². The van der Waals surface area contributed by atoms with Gasteiger partial charge in [0, 0.05) is 19.4 Å². The molecule has 0 heterocycles. The molecule has 2 unspecified atom stereocenters. The Morgan fingerprint density at radius 2 is 1.34 bits per heavy atom. The largest absolute Gasteiger partial charge is 0.472 e. The number of ether oxygens (including phenoxy) is 2. The predicted octanol–water partition coefficient (Wildman–Crippen LogP) is 7.48. The molecule has 238 valence electrons. The van der Waals surface area contributed by atoms with Gasteiger partial charge in [-0.15, -0.1) is 0 Å². The molecule has 0 aliphatic heterocycles. The van der Waals surface area contributed by atoms with Gasteiger partial charge in [-0.25, -0.2) is 4.57 Å². The molecule has 0 rings (SSSR count). The zero-order valence-electron chi connectivity index (χ0n) is 25.5. The number of carbonyl (C=O) groups is 2. The molecule has 0 aromatic rings. The SMILES string of the molecule is CC/C=C\C/C=C\C/C=C\CCCCCCCCCC(=O)OC(COC(=O)CCCCC)COP(=O)(O)OCCN. The van der Waals surface area contributed by atoms with Crippen LogP contribution in [0.25, 0.3) is 0 Å². The van der Waals surface area contributed by atoms with Gasteiger partial charge in [-0.2, -0.15) is 0 Å². The van der Waals surface area contributed by atoms with Crippen LogP contribution >= 0.6 is 7.82 Å². The van der Waals surface area contributed by atoms with E-state index in [1.807, 2.05) is 6.92 Å². The molecule has 0 saturated carbocycles. The molecule has 3 N–H and O–H groups in total. The molecule has 0 saturated heterocycles. The van der Waals surface area contributed by atoms with Gasteiger partial charge in [0.15, 0.2) is 6.10 Å². The third-order valence-corrected chi connectivity index (χ3v) is 7.02. The number of hydrogen-bond donors (Lipinski definition) is 2. The standard InChI is InChI=1S/C31H56NO8P/c1-3-5-7-8-9-10-11-12-13-14-15-16-17-18-19-20-22-24-31(34)40-29(27-37-30(33)23-21-6-4-2)28-39-41(35,36)38-26-25-32/h5,7,9-10,12-13,29H,3-4,6,8,11,14-28,32H2,1-2H3,(H,35,36)/b7-5-,10-9-,13-12-. The van der Waals surface area contributed by atoms with Crippen molar-refractivity contribution in [2.24, 2.45) is 5.73 Å². The van der Waals surface area contributed by atoms with E-state index in [-0.39, 0.29) is 32.6 Å². The summed E-state index contributed by atoms with van der Waals surface area (Å²) in [4.78, 5) is 34.0. The Bertz CT molecular complexity index is 784. The van der Waals surface area contributed by atoms with Crippen LogP contribution in [0.15, 0.2) is 36.5 Å². The number of unbranched alkanes of at least 4 members (excludes halogenated alkanes) is 9. The summed E-state index contributed by atoms with van der Waals surface area (Å²) in [5.41, 5.74) is 5.28. The van der Waals surface area contributed by atoms with Crippen molar-refractivity contribution in [3.05, 3.63) is 36.5 Å². The third kappa shape index (κ3) is 28.1. The van der Waals surface area contributed by atoms with Crippen molar-refractivity contribution in [2.45, 2.75) is 123 Å². The van der Waals surface area contributed by atoms with E-state index >= 15 is 0 Å². The van der Waals surface area contributed by atoms with E-state index in [1.165, 1.54) is 19.3 Å². The Kier molecular flexibility index (Phi) is 27.1. The fourth-order valence-corrected chi connectivity index (χ4v) is 4.53. The summed E-state index contributed by atoms with van der Waals surface area (Å²) < 4.78 is 32.1. The van der Waals surface area contributed by atoms with Gasteiger partial charge in [-0.3, -0.25) is 18.6 Å². The van der Waals surface area contributed by atoms with Crippen molar-refractivity contribution in [1.29, 1.82) is 0 Å². The molecule has 0 bridgehead atoms. The fraction of sp³-hybridized carbons (Fsp3) is 0.742. The number of nitrogens with two attached hydrogens (primary N) is 1. The highest BCUT2D eigenvalue weighted by molar-refractivity contribution is 7.47. The van der Waals surface area contributed by atoms with Gasteiger partial charge in [0.05, 0.1) is 13.2 Å². The van der Waals surface area contributed by atoms with Gasteiger partial charge in [-0.1, -0.05) is 95.2 Å². The summed E-state index contributed by atoms with van der Waals surface area (Å²) in [6.45, 7) is 3.38. The van der Waals surface area contributed by atoms with E-state index in [4.69, 9.17) is 24.3 Å². The molecular weight excluding hydrogens is 545 g/mol. The molecule has 2 atom stereocenters. The number of phosphoric acid groups is 1. The maximum atomic E-state index is 12.4. The minimum atomic E-state index is -4.35. The first kappa shape index (κ1) is 39.2. The van der Waals surface area contributed by atoms with Gasteiger partial charge >= 0.3 is 19.8 Å². The molecule has 0 fully saturated rings. The molecule has 0 aliphatic rings. The van der Waals surface area contributed by atoms with Gasteiger partial charge in [0.1, 0.15) is 6.61 Å². The van der Waals surface area contributed by atoms with E-state index in [0.29, 0.717) is 12.8 Å². The molecule has 10 heteroatoms.